The van der Waals surface area contributed by atoms with E-state index in [0.29, 0.717) is 36.5 Å². The van der Waals surface area contributed by atoms with Crippen LogP contribution in [0, 0.1) is 6.92 Å². The Bertz CT molecular complexity index is 1470. The number of hydrogen-bond acceptors (Lipinski definition) is 5. The molecular formula is C20H13ClF3N3O3S. The molecule has 2 aromatic heterocycles. The van der Waals surface area contributed by atoms with Crippen molar-refractivity contribution < 1.29 is 18.3 Å². The first kappa shape index (κ1) is 21.1. The Morgan fingerprint density at radius 1 is 1.13 bits per heavy atom. The lowest BCUT2D eigenvalue weighted by Gasteiger charge is -2.14. The molecule has 0 bridgehead atoms. The summed E-state index contributed by atoms with van der Waals surface area (Å²) in [5.41, 5.74) is -2.09. The van der Waals surface area contributed by atoms with Crippen LogP contribution in [0.15, 0.2) is 46.0 Å². The van der Waals surface area contributed by atoms with Gasteiger partial charge in [0.15, 0.2) is 0 Å². The first-order chi connectivity index (χ1) is 14.5. The molecule has 0 saturated heterocycles. The standard InChI is InChI=1S/C20H13ClF3N3O3S/c1-9-3-4-14(28)10(5-9)18-11-6-13(12(21)7-15(11)31-25-18)27-17(29)8-16(20(22,23)24)26(2)19(27)30/h3-8,28H,1-2H3. The van der Waals surface area contributed by atoms with Crippen molar-refractivity contribution >= 4 is 33.2 Å². The van der Waals surface area contributed by atoms with Gasteiger partial charge in [0.1, 0.15) is 11.4 Å². The lowest BCUT2D eigenvalue weighted by atomic mass is 10.0. The summed E-state index contributed by atoms with van der Waals surface area (Å²) in [5.74, 6) is -0.0167. The second-order valence-electron chi connectivity index (χ2n) is 6.89. The number of aryl methyl sites for hydroxylation is 1. The summed E-state index contributed by atoms with van der Waals surface area (Å²) >= 11 is 7.37. The molecule has 0 spiro atoms. The fraction of sp³-hybridized carbons (Fsp3) is 0.150. The van der Waals surface area contributed by atoms with Crippen LogP contribution in [0.4, 0.5) is 13.2 Å². The van der Waals surface area contributed by atoms with E-state index in [0.717, 1.165) is 24.1 Å². The van der Waals surface area contributed by atoms with Crippen LogP contribution in [0.1, 0.15) is 11.3 Å². The second kappa shape index (κ2) is 7.24. The van der Waals surface area contributed by atoms with Gasteiger partial charge in [-0.3, -0.25) is 9.36 Å². The molecule has 0 fully saturated rings. The van der Waals surface area contributed by atoms with Crippen LogP contribution in [0.5, 0.6) is 5.75 Å². The second-order valence-corrected chi connectivity index (χ2v) is 8.11. The van der Waals surface area contributed by atoms with Gasteiger partial charge in [0.2, 0.25) is 0 Å². The molecule has 0 radical (unpaired) electrons. The SMILES string of the molecule is Cc1ccc(O)c(-c2nsc3cc(Cl)c(-n4c(=O)cc(C(F)(F)F)n(C)c4=O)cc23)c1. The predicted octanol–water partition coefficient (Wildman–Crippen LogP) is 4.50. The average molecular weight is 468 g/mol. The average Bonchev–Trinajstić information content (AvgIpc) is 3.08. The van der Waals surface area contributed by atoms with Gasteiger partial charge in [-0.15, -0.1) is 0 Å². The van der Waals surface area contributed by atoms with E-state index in [9.17, 15) is 27.9 Å². The van der Waals surface area contributed by atoms with Crippen molar-refractivity contribution in [1.29, 1.82) is 0 Å². The smallest absolute Gasteiger partial charge is 0.431 e. The highest BCUT2D eigenvalue weighted by atomic mass is 35.5. The maximum absolute atomic E-state index is 13.1. The number of phenolic OH excluding ortho intramolecular Hbond substituents is 1. The first-order valence-electron chi connectivity index (χ1n) is 8.78. The third kappa shape index (κ3) is 3.51. The molecule has 0 aliphatic rings. The van der Waals surface area contributed by atoms with Gasteiger partial charge >= 0.3 is 11.9 Å². The highest BCUT2D eigenvalue weighted by Gasteiger charge is 2.35. The Morgan fingerprint density at radius 2 is 1.84 bits per heavy atom. The predicted molar refractivity (Wildman–Crippen MR) is 112 cm³/mol. The van der Waals surface area contributed by atoms with Crippen molar-refractivity contribution in [2.75, 3.05) is 0 Å². The molecule has 6 nitrogen and oxygen atoms in total. The lowest BCUT2D eigenvalue weighted by molar-refractivity contribution is -0.144. The Morgan fingerprint density at radius 3 is 2.52 bits per heavy atom. The first-order valence-corrected chi connectivity index (χ1v) is 9.93. The highest BCUT2D eigenvalue weighted by molar-refractivity contribution is 7.13. The number of phenols is 1. The Kier molecular flexibility index (Phi) is 4.94. The summed E-state index contributed by atoms with van der Waals surface area (Å²) < 4.78 is 45.3. The molecule has 0 saturated carbocycles. The zero-order valence-corrected chi connectivity index (χ0v) is 17.6. The molecule has 0 aliphatic heterocycles. The summed E-state index contributed by atoms with van der Waals surface area (Å²) in [6.07, 6.45) is -4.87. The molecule has 31 heavy (non-hydrogen) atoms. The van der Waals surface area contributed by atoms with E-state index in [-0.39, 0.29) is 16.5 Å². The molecule has 2 aromatic carbocycles. The summed E-state index contributed by atoms with van der Waals surface area (Å²) in [6.45, 7) is 1.84. The minimum atomic E-state index is -4.87. The Hall–Kier alpha value is -3.11. The summed E-state index contributed by atoms with van der Waals surface area (Å²) in [4.78, 5) is 25.1. The van der Waals surface area contributed by atoms with Crippen molar-refractivity contribution in [3.8, 4) is 22.7 Å². The van der Waals surface area contributed by atoms with Crippen LogP contribution in [0.3, 0.4) is 0 Å². The van der Waals surface area contributed by atoms with Crippen LogP contribution >= 0.6 is 23.1 Å². The van der Waals surface area contributed by atoms with Gasteiger partial charge in [-0.25, -0.2) is 9.36 Å². The van der Waals surface area contributed by atoms with Gasteiger partial charge in [0, 0.05) is 24.1 Å². The third-order valence-corrected chi connectivity index (χ3v) is 5.91. The molecule has 0 atom stereocenters. The number of rotatable bonds is 2. The van der Waals surface area contributed by atoms with Gasteiger partial charge in [0.05, 0.1) is 21.1 Å². The van der Waals surface area contributed by atoms with Gasteiger partial charge in [-0.2, -0.15) is 17.5 Å². The van der Waals surface area contributed by atoms with Crippen LogP contribution in [-0.4, -0.2) is 18.6 Å². The van der Waals surface area contributed by atoms with Gasteiger partial charge in [-0.05, 0) is 42.7 Å². The number of aromatic nitrogens is 3. The topological polar surface area (TPSA) is 77.1 Å². The maximum atomic E-state index is 13.1. The van der Waals surface area contributed by atoms with Crippen LogP contribution in [-0.2, 0) is 13.2 Å². The van der Waals surface area contributed by atoms with Crippen molar-refractivity contribution in [3.05, 3.63) is 73.5 Å². The van der Waals surface area contributed by atoms with Crippen LogP contribution in [0.25, 0.3) is 27.0 Å². The zero-order chi connectivity index (χ0) is 22.7. The lowest BCUT2D eigenvalue weighted by Crippen LogP contribution is -2.40. The monoisotopic (exact) mass is 467 g/mol. The molecule has 4 rings (SSSR count). The summed E-state index contributed by atoms with van der Waals surface area (Å²) in [5, 5.41) is 10.7. The molecule has 160 valence electrons. The molecular weight excluding hydrogens is 455 g/mol. The van der Waals surface area contributed by atoms with Gasteiger partial charge in [-0.1, -0.05) is 23.2 Å². The Labute approximate surface area is 181 Å². The van der Waals surface area contributed by atoms with Crippen molar-refractivity contribution in [3.63, 3.8) is 0 Å². The summed E-state index contributed by atoms with van der Waals surface area (Å²) in [6, 6.07) is 8.20. The van der Waals surface area contributed by atoms with E-state index in [2.05, 4.69) is 4.37 Å². The van der Waals surface area contributed by atoms with E-state index < -0.39 is 23.1 Å². The van der Waals surface area contributed by atoms with Crippen molar-refractivity contribution in [1.82, 2.24) is 13.5 Å². The number of aromatic hydroxyl groups is 1. The van der Waals surface area contributed by atoms with Crippen LogP contribution < -0.4 is 11.2 Å². The minimum absolute atomic E-state index is 0.00452. The largest absolute Gasteiger partial charge is 0.507 e. The number of benzene rings is 2. The van der Waals surface area contributed by atoms with E-state index in [4.69, 9.17) is 11.6 Å². The summed E-state index contributed by atoms with van der Waals surface area (Å²) in [7, 11) is 0.926. The molecule has 2 heterocycles. The van der Waals surface area contributed by atoms with Crippen LogP contribution in [0.2, 0.25) is 5.02 Å². The maximum Gasteiger partial charge on any atom is 0.431 e. The van der Waals surface area contributed by atoms with Gasteiger partial charge in [0.25, 0.3) is 5.56 Å². The number of fused-ring (bicyclic) bond motifs is 1. The quantitative estimate of drug-likeness (QED) is 0.471. The fourth-order valence-electron chi connectivity index (χ4n) is 3.27. The number of alkyl halides is 3. The zero-order valence-electron chi connectivity index (χ0n) is 16.0. The van der Waals surface area contributed by atoms with Crippen molar-refractivity contribution in [2.24, 2.45) is 7.05 Å². The highest BCUT2D eigenvalue weighted by Crippen LogP contribution is 2.39. The number of nitrogens with zero attached hydrogens (tertiary/aromatic N) is 3. The number of halogens is 4. The molecule has 1 N–H and O–H groups in total. The van der Waals surface area contributed by atoms with E-state index in [1.807, 2.05) is 6.92 Å². The molecule has 4 aromatic rings. The Balaban J connectivity index is 2.02. The molecule has 11 heteroatoms. The van der Waals surface area contributed by atoms with Gasteiger partial charge < -0.3 is 5.11 Å². The number of hydrogen-bond donors (Lipinski definition) is 1. The van der Waals surface area contributed by atoms with E-state index in [1.54, 1.807) is 12.1 Å². The fourth-order valence-corrected chi connectivity index (χ4v) is 4.40. The van der Waals surface area contributed by atoms with E-state index in [1.165, 1.54) is 18.2 Å². The normalized spacial score (nSPS) is 11.9. The minimum Gasteiger partial charge on any atom is -0.507 e. The van der Waals surface area contributed by atoms with Crippen molar-refractivity contribution in [2.45, 2.75) is 13.1 Å². The molecule has 0 amide bonds. The third-order valence-electron chi connectivity index (χ3n) is 4.80. The molecule has 0 unspecified atom stereocenters. The molecule has 0 aliphatic carbocycles. The van der Waals surface area contributed by atoms with E-state index >= 15 is 0 Å².